The molecule has 0 unspecified atom stereocenters. The van der Waals surface area contributed by atoms with Crippen LogP contribution in [0.5, 0.6) is 11.5 Å². The van der Waals surface area contributed by atoms with Crippen LogP contribution in [0.3, 0.4) is 0 Å². The summed E-state index contributed by atoms with van der Waals surface area (Å²) < 4.78 is 16.2. The Morgan fingerprint density at radius 1 is 0.871 bits per heavy atom. The minimum atomic E-state index is -0.547. The molecule has 3 aromatic carbocycles. The number of carbonyl (C=O) groups excluding carboxylic acids is 2. The Bertz CT molecular complexity index is 1030. The molecule has 0 aliphatic heterocycles. The molecule has 3 rings (SSSR count). The molecule has 31 heavy (non-hydrogen) atoms. The molecular formula is C26H26O5. The molecule has 0 bridgehead atoms. The molecular weight excluding hydrogens is 392 g/mol. The quantitative estimate of drug-likeness (QED) is 0.276. The predicted octanol–water partition coefficient (Wildman–Crippen LogP) is 5.08. The average molecular weight is 418 g/mol. The largest absolute Gasteiger partial charge is 0.482 e. The molecule has 5 nitrogen and oxygen atoms in total. The monoisotopic (exact) mass is 418 g/mol. The molecule has 0 atom stereocenters. The molecule has 0 saturated carbocycles. The van der Waals surface area contributed by atoms with Crippen molar-refractivity contribution in [1.29, 1.82) is 0 Å². The van der Waals surface area contributed by atoms with Gasteiger partial charge in [0.25, 0.3) is 0 Å². The minimum absolute atomic E-state index is 0.224. The molecule has 0 aliphatic rings. The van der Waals surface area contributed by atoms with E-state index in [0.717, 1.165) is 24.0 Å². The lowest BCUT2D eigenvalue weighted by Crippen LogP contribution is -2.18. The second-order valence-corrected chi connectivity index (χ2v) is 7.28. The molecule has 0 fully saturated rings. The molecule has 0 saturated heterocycles. The summed E-state index contributed by atoms with van der Waals surface area (Å²) in [7, 11) is 0. The zero-order chi connectivity index (χ0) is 22.1. The molecule has 160 valence electrons. The number of ether oxygens (including phenoxy) is 3. The van der Waals surface area contributed by atoms with Crippen molar-refractivity contribution in [3.8, 4) is 11.5 Å². The van der Waals surface area contributed by atoms with Crippen LogP contribution in [0.1, 0.15) is 33.5 Å². The fourth-order valence-corrected chi connectivity index (χ4v) is 3.02. The third kappa shape index (κ3) is 7.00. The Labute approximate surface area is 182 Å². The highest BCUT2D eigenvalue weighted by atomic mass is 16.6. The Kier molecular flexibility index (Phi) is 7.82. The first-order chi connectivity index (χ1) is 15.0. The molecule has 0 heterocycles. The lowest BCUT2D eigenvalue weighted by atomic mass is 10.1. The van der Waals surface area contributed by atoms with E-state index in [1.807, 2.05) is 62.4 Å². The van der Waals surface area contributed by atoms with E-state index in [1.165, 1.54) is 11.6 Å². The van der Waals surface area contributed by atoms with Crippen LogP contribution in [0.4, 0.5) is 0 Å². The molecule has 0 amide bonds. The van der Waals surface area contributed by atoms with Crippen molar-refractivity contribution >= 4 is 11.9 Å². The second kappa shape index (κ2) is 11.0. The highest BCUT2D eigenvalue weighted by Gasteiger charge is 2.12. The van der Waals surface area contributed by atoms with Crippen molar-refractivity contribution < 1.29 is 23.8 Å². The van der Waals surface area contributed by atoms with Crippen LogP contribution in [-0.2, 0) is 16.0 Å². The Hall–Kier alpha value is -3.60. The molecule has 0 aromatic heterocycles. The van der Waals surface area contributed by atoms with Gasteiger partial charge in [0, 0.05) is 0 Å². The van der Waals surface area contributed by atoms with Crippen LogP contribution in [0.25, 0.3) is 0 Å². The molecule has 3 aromatic rings. The molecule has 0 spiro atoms. The third-order valence-corrected chi connectivity index (χ3v) is 4.68. The maximum absolute atomic E-state index is 12.3. The van der Waals surface area contributed by atoms with E-state index in [0.29, 0.717) is 17.9 Å². The number of esters is 2. The normalized spacial score (nSPS) is 10.4. The Balaban J connectivity index is 1.46. The van der Waals surface area contributed by atoms with Gasteiger partial charge in [0.15, 0.2) is 6.61 Å². The fraction of sp³-hybridized carbons (Fsp3) is 0.231. The molecule has 0 aliphatic carbocycles. The van der Waals surface area contributed by atoms with Gasteiger partial charge in [-0.3, -0.25) is 0 Å². The number of aryl methyl sites for hydroxylation is 3. The molecule has 0 radical (unpaired) electrons. The number of hydrogen-bond acceptors (Lipinski definition) is 5. The van der Waals surface area contributed by atoms with Crippen LogP contribution in [0.2, 0.25) is 0 Å². The molecule has 0 N–H and O–H groups in total. The maximum Gasteiger partial charge on any atom is 0.349 e. The summed E-state index contributed by atoms with van der Waals surface area (Å²) in [6.45, 7) is 3.96. The van der Waals surface area contributed by atoms with Gasteiger partial charge in [-0.05, 0) is 67.6 Å². The van der Waals surface area contributed by atoms with E-state index in [-0.39, 0.29) is 12.4 Å². The van der Waals surface area contributed by atoms with Crippen LogP contribution in [0.15, 0.2) is 72.8 Å². The van der Waals surface area contributed by atoms with E-state index in [2.05, 4.69) is 0 Å². The number of hydrogen-bond donors (Lipinski definition) is 0. The van der Waals surface area contributed by atoms with Crippen LogP contribution in [0, 0.1) is 13.8 Å². The van der Waals surface area contributed by atoms with Crippen molar-refractivity contribution in [3.63, 3.8) is 0 Å². The van der Waals surface area contributed by atoms with Gasteiger partial charge in [-0.25, -0.2) is 9.59 Å². The number of rotatable bonds is 9. The van der Waals surface area contributed by atoms with Gasteiger partial charge in [0.2, 0.25) is 0 Å². The first-order valence-electron chi connectivity index (χ1n) is 10.2. The zero-order valence-corrected chi connectivity index (χ0v) is 17.8. The Morgan fingerprint density at radius 3 is 2.48 bits per heavy atom. The summed E-state index contributed by atoms with van der Waals surface area (Å²) in [5.74, 6) is -0.0787. The van der Waals surface area contributed by atoms with Crippen LogP contribution >= 0.6 is 0 Å². The lowest BCUT2D eigenvalue weighted by Gasteiger charge is -2.10. The minimum Gasteiger partial charge on any atom is -0.482 e. The van der Waals surface area contributed by atoms with Gasteiger partial charge < -0.3 is 14.2 Å². The summed E-state index contributed by atoms with van der Waals surface area (Å²) in [5, 5.41) is 0. The average Bonchev–Trinajstić information content (AvgIpc) is 2.78. The number of benzene rings is 3. The van der Waals surface area contributed by atoms with Gasteiger partial charge >= 0.3 is 11.9 Å². The fourth-order valence-electron chi connectivity index (χ4n) is 3.02. The van der Waals surface area contributed by atoms with Crippen LogP contribution < -0.4 is 9.47 Å². The van der Waals surface area contributed by atoms with Crippen molar-refractivity contribution in [2.75, 3.05) is 13.2 Å². The Morgan fingerprint density at radius 2 is 1.68 bits per heavy atom. The lowest BCUT2D eigenvalue weighted by molar-refractivity contribution is -0.136. The smallest absolute Gasteiger partial charge is 0.349 e. The summed E-state index contributed by atoms with van der Waals surface area (Å²) >= 11 is 0. The SMILES string of the molecule is Cc1ccc(C)c(OCC(=O)Oc2cccc(C(=O)OCCCc3ccccc3)c2)c1. The standard InChI is InChI=1S/C26H26O5/c1-19-13-14-20(2)24(16-19)30-18-25(27)31-23-12-6-11-22(17-23)26(28)29-15-7-10-21-8-4-3-5-9-21/h3-6,8-9,11-14,16-17H,7,10,15,18H2,1-2H3. The van der Waals surface area contributed by atoms with E-state index in [1.54, 1.807) is 18.2 Å². The van der Waals surface area contributed by atoms with E-state index < -0.39 is 11.9 Å². The third-order valence-electron chi connectivity index (χ3n) is 4.68. The van der Waals surface area contributed by atoms with Crippen molar-refractivity contribution in [2.24, 2.45) is 0 Å². The summed E-state index contributed by atoms with van der Waals surface area (Å²) in [5.41, 5.74) is 3.52. The topological polar surface area (TPSA) is 61.8 Å². The van der Waals surface area contributed by atoms with Gasteiger partial charge in [-0.2, -0.15) is 0 Å². The maximum atomic E-state index is 12.3. The van der Waals surface area contributed by atoms with Crippen molar-refractivity contribution in [2.45, 2.75) is 26.7 Å². The van der Waals surface area contributed by atoms with Crippen molar-refractivity contribution in [3.05, 3.63) is 95.1 Å². The van der Waals surface area contributed by atoms with Gasteiger partial charge in [-0.15, -0.1) is 0 Å². The zero-order valence-electron chi connectivity index (χ0n) is 17.8. The summed E-state index contributed by atoms with van der Waals surface area (Å²) in [6.07, 6.45) is 1.58. The first-order valence-corrected chi connectivity index (χ1v) is 10.2. The first kappa shape index (κ1) is 22.1. The van der Waals surface area contributed by atoms with E-state index in [4.69, 9.17) is 14.2 Å². The summed E-state index contributed by atoms with van der Waals surface area (Å²) in [4.78, 5) is 24.4. The van der Waals surface area contributed by atoms with Crippen molar-refractivity contribution in [1.82, 2.24) is 0 Å². The van der Waals surface area contributed by atoms with E-state index >= 15 is 0 Å². The highest BCUT2D eigenvalue weighted by Crippen LogP contribution is 2.19. The van der Waals surface area contributed by atoms with Gasteiger partial charge in [-0.1, -0.05) is 48.5 Å². The summed E-state index contributed by atoms with van der Waals surface area (Å²) in [6, 6.07) is 22.2. The number of carbonyl (C=O) groups is 2. The van der Waals surface area contributed by atoms with Gasteiger partial charge in [0.1, 0.15) is 11.5 Å². The predicted molar refractivity (Wildman–Crippen MR) is 119 cm³/mol. The second-order valence-electron chi connectivity index (χ2n) is 7.28. The highest BCUT2D eigenvalue weighted by molar-refractivity contribution is 5.90. The van der Waals surface area contributed by atoms with Gasteiger partial charge in [0.05, 0.1) is 12.2 Å². The molecule has 5 heteroatoms. The van der Waals surface area contributed by atoms with Crippen LogP contribution in [-0.4, -0.2) is 25.2 Å². The van der Waals surface area contributed by atoms with E-state index in [9.17, 15) is 9.59 Å².